The van der Waals surface area contributed by atoms with Crippen molar-refractivity contribution < 1.29 is 9.53 Å². The molecular weight excluding hydrogens is 214 g/mol. The summed E-state index contributed by atoms with van der Waals surface area (Å²) < 4.78 is 5.43. The van der Waals surface area contributed by atoms with E-state index >= 15 is 0 Å². The number of hydrogen-bond donors (Lipinski definition) is 0. The molecule has 1 atom stereocenters. The number of rotatable bonds is 2. The number of carbonyl (C=O) groups excluding carboxylic acids is 1. The molecule has 0 aromatic heterocycles. The monoisotopic (exact) mass is 241 g/mol. The maximum atomic E-state index is 12.0. The van der Waals surface area contributed by atoms with Crippen molar-refractivity contribution in [3.8, 4) is 0 Å². The summed E-state index contributed by atoms with van der Waals surface area (Å²) in [7, 11) is 0. The SMILES string of the molecule is CC[C@@]1(C(C)C)CCN(C(=O)OC(C)(C)C)C1. The third-order valence-electron chi connectivity index (χ3n) is 3.97. The first-order chi connectivity index (χ1) is 7.70. The van der Waals surface area contributed by atoms with Crippen LogP contribution in [0.15, 0.2) is 0 Å². The van der Waals surface area contributed by atoms with Crippen LogP contribution in [0.4, 0.5) is 4.79 Å². The van der Waals surface area contributed by atoms with E-state index in [0.717, 1.165) is 25.9 Å². The lowest BCUT2D eigenvalue weighted by molar-refractivity contribution is 0.0258. The van der Waals surface area contributed by atoms with E-state index in [-0.39, 0.29) is 11.5 Å². The lowest BCUT2D eigenvalue weighted by Crippen LogP contribution is -2.38. The summed E-state index contributed by atoms with van der Waals surface area (Å²) in [6.07, 6.45) is 2.07. The Morgan fingerprint density at radius 2 is 2.00 bits per heavy atom. The molecule has 1 saturated heterocycles. The second-order valence-electron chi connectivity index (χ2n) is 6.52. The molecule has 0 spiro atoms. The van der Waals surface area contributed by atoms with E-state index in [9.17, 15) is 4.79 Å². The lowest BCUT2D eigenvalue weighted by atomic mass is 9.74. The molecule has 3 nitrogen and oxygen atoms in total. The first kappa shape index (κ1) is 14.3. The quantitative estimate of drug-likeness (QED) is 0.738. The predicted octanol–water partition coefficient (Wildman–Crippen LogP) is 3.68. The highest BCUT2D eigenvalue weighted by molar-refractivity contribution is 5.68. The minimum absolute atomic E-state index is 0.159. The number of ether oxygens (including phenoxy) is 1. The first-order valence-electron chi connectivity index (χ1n) is 6.68. The van der Waals surface area contributed by atoms with Crippen LogP contribution in [0, 0.1) is 11.3 Å². The summed E-state index contributed by atoms with van der Waals surface area (Å²) in [5, 5.41) is 0. The standard InChI is InChI=1S/C14H27NO2/c1-7-14(11(2)3)8-9-15(10-14)12(16)17-13(4,5)6/h11H,7-10H2,1-6H3/t14-/m1/s1. The van der Waals surface area contributed by atoms with Gasteiger partial charge >= 0.3 is 6.09 Å². The predicted molar refractivity (Wildman–Crippen MR) is 70.0 cm³/mol. The highest BCUT2D eigenvalue weighted by Crippen LogP contribution is 2.41. The van der Waals surface area contributed by atoms with Gasteiger partial charge in [0, 0.05) is 13.1 Å². The second kappa shape index (κ2) is 4.87. The van der Waals surface area contributed by atoms with Crippen molar-refractivity contribution >= 4 is 6.09 Å². The molecular formula is C14H27NO2. The number of nitrogens with zero attached hydrogens (tertiary/aromatic N) is 1. The normalized spacial score (nSPS) is 25.5. The van der Waals surface area contributed by atoms with Crippen LogP contribution in [0.1, 0.15) is 54.4 Å². The number of amides is 1. The maximum absolute atomic E-state index is 12.0. The van der Waals surface area contributed by atoms with Gasteiger partial charge in [-0.2, -0.15) is 0 Å². The largest absolute Gasteiger partial charge is 0.444 e. The average Bonchev–Trinajstić information content (AvgIpc) is 2.60. The smallest absolute Gasteiger partial charge is 0.410 e. The zero-order valence-electron chi connectivity index (χ0n) is 12.2. The highest BCUT2D eigenvalue weighted by atomic mass is 16.6. The molecule has 0 aromatic rings. The van der Waals surface area contributed by atoms with E-state index in [0.29, 0.717) is 5.92 Å². The zero-order valence-corrected chi connectivity index (χ0v) is 12.2. The van der Waals surface area contributed by atoms with Crippen molar-refractivity contribution in [1.82, 2.24) is 4.90 Å². The minimum Gasteiger partial charge on any atom is -0.444 e. The fraction of sp³-hybridized carbons (Fsp3) is 0.929. The lowest BCUT2D eigenvalue weighted by Gasteiger charge is -2.32. The van der Waals surface area contributed by atoms with Crippen LogP contribution in [0.25, 0.3) is 0 Å². The van der Waals surface area contributed by atoms with Gasteiger partial charge in [0.15, 0.2) is 0 Å². The van der Waals surface area contributed by atoms with Gasteiger partial charge in [0.05, 0.1) is 0 Å². The van der Waals surface area contributed by atoms with Gasteiger partial charge in [-0.25, -0.2) is 4.79 Å². The Labute approximate surface area is 106 Å². The summed E-state index contributed by atoms with van der Waals surface area (Å²) in [6.45, 7) is 14.1. The van der Waals surface area contributed by atoms with E-state index in [1.165, 1.54) is 0 Å². The van der Waals surface area contributed by atoms with Gasteiger partial charge in [0.25, 0.3) is 0 Å². The molecule has 0 aromatic carbocycles. The van der Waals surface area contributed by atoms with Crippen molar-refractivity contribution in [3.05, 3.63) is 0 Å². The molecule has 0 saturated carbocycles. The molecule has 0 unspecified atom stereocenters. The van der Waals surface area contributed by atoms with Gasteiger partial charge in [0.2, 0.25) is 0 Å². The van der Waals surface area contributed by atoms with E-state index in [2.05, 4.69) is 20.8 Å². The van der Waals surface area contributed by atoms with Crippen LogP contribution in [0.3, 0.4) is 0 Å². The van der Waals surface area contributed by atoms with Crippen molar-refractivity contribution in [1.29, 1.82) is 0 Å². The topological polar surface area (TPSA) is 29.5 Å². The summed E-state index contributed by atoms with van der Waals surface area (Å²) >= 11 is 0. The van der Waals surface area contributed by atoms with Gasteiger partial charge in [0.1, 0.15) is 5.60 Å². The molecule has 1 aliphatic heterocycles. The summed E-state index contributed by atoms with van der Waals surface area (Å²) in [4.78, 5) is 13.9. The molecule has 1 amide bonds. The zero-order chi connectivity index (χ0) is 13.3. The highest BCUT2D eigenvalue weighted by Gasteiger charge is 2.41. The van der Waals surface area contributed by atoms with E-state index in [1.54, 1.807) is 0 Å². The van der Waals surface area contributed by atoms with Crippen molar-refractivity contribution in [2.75, 3.05) is 13.1 Å². The van der Waals surface area contributed by atoms with Gasteiger partial charge in [-0.15, -0.1) is 0 Å². The molecule has 1 rings (SSSR count). The molecule has 17 heavy (non-hydrogen) atoms. The maximum Gasteiger partial charge on any atom is 0.410 e. The summed E-state index contributed by atoms with van der Waals surface area (Å²) in [5.41, 5.74) is -0.108. The van der Waals surface area contributed by atoms with Crippen LogP contribution < -0.4 is 0 Å². The van der Waals surface area contributed by atoms with Gasteiger partial charge in [-0.3, -0.25) is 0 Å². The Balaban J connectivity index is 2.64. The Bertz CT molecular complexity index is 280. The van der Waals surface area contributed by atoms with E-state index in [1.807, 2.05) is 25.7 Å². The van der Waals surface area contributed by atoms with Crippen LogP contribution in [-0.4, -0.2) is 29.7 Å². The molecule has 0 N–H and O–H groups in total. The van der Waals surface area contributed by atoms with Crippen LogP contribution in [0.5, 0.6) is 0 Å². The molecule has 0 bridgehead atoms. The number of carbonyl (C=O) groups is 1. The van der Waals surface area contributed by atoms with Crippen LogP contribution in [0.2, 0.25) is 0 Å². The average molecular weight is 241 g/mol. The van der Waals surface area contributed by atoms with Crippen molar-refractivity contribution in [2.45, 2.75) is 60.0 Å². The van der Waals surface area contributed by atoms with Crippen molar-refractivity contribution in [2.24, 2.45) is 11.3 Å². The Kier molecular flexibility index (Phi) is 4.11. The first-order valence-corrected chi connectivity index (χ1v) is 6.68. The Hall–Kier alpha value is -0.730. The second-order valence-corrected chi connectivity index (χ2v) is 6.52. The minimum atomic E-state index is -0.396. The number of likely N-dealkylation sites (tertiary alicyclic amines) is 1. The Morgan fingerprint density at radius 1 is 1.41 bits per heavy atom. The molecule has 0 aliphatic carbocycles. The van der Waals surface area contributed by atoms with E-state index < -0.39 is 5.60 Å². The summed E-state index contributed by atoms with van der Waals surface area (Å²) in [5.74, 6) is 0.611. The third kappa shape index (κ3) is 3.36. The molecule has 1 aliphatic rings. The van der Waals surface area contributed by atoms with Gasteiger partial charge in [-0.05, 0) is 44.9 Å². The fourth-order valence-corrected chi connectivity index (χ4v) is 2.55. The van der Waals surface area contributed by atoms with Crippen LogP contribution >= 0.6 is 0 Å². The third-order valence-corrected chi connectivity index (χ3v) is 3.97. The fourth-order valence-electron chi connectivity index (χ4n) is 2.55. The van der Waals surface area contributed by atoms with Crippen molar-refractivity contribution in [3.63, 3.8) is 0 Å². The van der Waals surface area contributed by atoms with Gasteiger partial charge in [-0.1, -0.05) is 20.8 Å². The van der Waals surface area contributed by atoms with Crippen LogP contribution in [-0.2, 0) is 4.74 Å². The molecule has 100 valence electrons. The van der Waals surface area contributed by atoms with E-state index in [4.69, 9.17) is 4.74 Å². The molecule has 1 heterocycles. The Morgan fingerprint density at radius 3 is 2.35 bits per heavy atom. The van der Waals surface area contributed by atoms with Gasteiger partial charge < -0.3 is 9.64 Å². The molecule has 1 fully saturated rings. The molecule has 3 heteroatoms. The molecule has 0 radical (unpaired) electrons. The summed E-state index contributed by atoms with van der Waals surface area (Å²) in [6, 6.07) is 0. The number of hydrogen-bond acceptors (Lipinski definition) is 2.